The highest BCUT2D eigenvalue weighted by molar-refractivity contribution is 7.02. The second-order valence-electron chi connectivity index (χ2n) is 29.4. The number of hydrogen-bond donors (Lipinski definition) is 0. The van der Waals surface area contributed by atoms with Gasteiger partial charge in [-0.05, 0) is 197 Å². The summed E-state index contributed by atoms with van der Waals surface area (Å²) < 4.78 is 2.70. The molecule has 0 spiro atoms. The molecule has 3 heterocycles. The number of para-hydroxylation sites is 2. The van der Waals surface area contributed by atoms with Gasteiger partial charge >= 0.3 is 0 Å². The normalized spacial score (nSPS) is 14.2. The van der Waals surface area contributed by atoms with Crippen molar-refractivity contribution >= 4 is 68.0 Å². The van der Waals surface area contributed by atoms with Crippen molar-refractivity contribution in [2.24, 2.45) is 0 Å². The molecule has 0 bridgehead atoms. The zero-order valence-corrected chi connectivity index (χ0v) is 56.6. The summed E-state index contributed by atoms with van der Waals surface area (Å²) in [5.41, 5.74) is 42.8. The highest BCUT2D eigenvalue weighted by Crippen LogP contribution is 2.56. The Hall–Kier alpha value is -7.87. The Labute approximate surface area is 545 Å². The number of nitrogens with zero attached hydrogens (tertiary/aromatic N) is 1. The summed E-state index contributed by atoms with van der Waals surface area (Å²) in [4.78, 5) is 0. The molecule has 2 aliphatic carbocycles. The third-order valence-corrected chi connectivity index (χ3v) is 22.9. The standard InChI is InChI=1S/C88H91B2N/c1-13-15-17-19-21-25-41-88(42-26-22-20-18-16-14-2)73-32-24-23-29-67(73)70-39-36-63(50-76(70)88)62-35-38-68-69-40-37-64(51-75(69)87(11,12)74(68)49-62)81-56(5)47-65(48-57(81)6)66-52-79-86-80(53-66)90(83-60(9)45-55(4)46-61(83)10)78-34-28-31-72-71-30-27-33-77(84(71)91(86)85(72)78)89(79)82-58(7)43-54(3)44-59(82)8/h23-24,27-40,43-53H,13-22,25-26,41-42H2,1-12H3. The number of unbranched alkanes of at least 4 members (excludes halogenated alkanes) is 10. The average Bonchev–Trinajstić information content (AvgIpc) is 1.60. The summed E-state index contributed by atoms with van der Waals surface area (Å²) in [5, 5.41) is 2.71. The topological polar surface area (TPSA) is 4.93 Å². The first-order valence-corrected chi connectivity index (χ1v) is 35.2. The van der Waals surface area contributed by atoms with E-state index in [2.05, 4.69) is 251 Å². The largest absolute Gasteiger partial charge is 0.311 e. The Morgan fingerprint density at radius 3 is 1.26 bits per heavy atom. The Bertz CT molecular complexity index is 4540. The smallest absolute Gasteiger partial charge is 0.247 e. The first-order valence-electron chi connectivity index (χ1n) is 35.2. The summed E-state index contributed by atoms with van der Waals surface area (Å²) in [6.45, 7) is 28.4. The zero-order valence-electron chi connectivity index (χ0n) is 56.6. The number of rotatable bonds is 19. The highest BCUT2D eigenvalue weighted by Gasteiger charge is 2.45. The van der Waals surface area contributed by atoms with Crippen molar-refractivity contribution < 1.29 is 0 Å². The lowest BCUT2D eigenvalue weighted by molar-refractivity contribution is 0.398. The van der Waals surface area contributed by atoms with E-state index in [9.17, 15) is 0 Å². The van der Waals surface area contributed by atoms with Crippen LogP contribution in [0.4, 0.5) is 0 Å². The third kappa shape index (κ3) is 9.46. The van der Waals surface area contributed by atoms with Crippen LogP contribution < -0.4 is 32.8 Å². The predicted octanol–water partition coefficient (Wildman–Crippen LogP) is 20.0. The quantitative estimate of drug-likeness (QED) is 0.0562. The van der Waals surface area contributed by atoms with Crippen molar-refractivity contribution in [2.75, 3.05) is 0 Å². The van der Waals surface area contributed by atoms with E-state index >= 15 is 0 Å². The van der Waals surface area contributed by atoms with Crippen molar-refractivity contribution in [3.8, 4) is 61.3 Å². The molecule has 15 rings (SSSR count). The molecule has 0 N–H and O–H groups in total. The van der Waals surface area contributed by atoms with Crippen LogP contribution in [0.15, 0.2) is 164 Å². The molecule has 0 saturated carbocycles. The first kappa shape index (κ1) is 59.4. The average molecular weight is 1180 g/mol. The van der Waals surface area contributed by atoms with Gasteiger partial charge in [0.05, 0.1) is 0 Å². The molecule has 91 heavy (non-hydrogen) atoms. The van der Waals surface area contributed by atoms with Gasteiger partial charge in [-0.3, -0.25) is 0 Å². The number of benzene rings is 10. The molecule has 0 atom stereocenters. The molecule has 1 aromatic heterocycles. The van der Waals surface area contributed by atoms with Gasteiger partial charge in [0, 0.05) is 38.3 Å². The fourth-order valence-corrected chi connectivity index (χ4v) is 19.0. The molecule has 0 fully saturated rings. The van der Waals surface area contributed by atoms with Crippen LogP contribution in [0.3, 0.4) is 0 Å². The summed E-state index contributed by atoms with van der Waals surface area (Å²) in [6.07, 6.45) is 18.4. The van der Waals surface area contributed by atoms with Crippen LogP contribution in [-0.4, -0.2) is 18.0 Å². The maximum Gasteiger partial charge on any atom is 0.247 e. The first-order chi connectivity index (χ1) is 44.1. The third-order valence-electron chi connectivity index (χ3n) is 22.9. The molecule has 0 saturated heterocycles. The van der Waals surface area contributed by atoms with Crippen LogP contribution in [0.5, 0.6) is 0 Å². The molecule has 2 aliphatic heterocycles. The van der Waals surface area contributed by atoms with Crippen LogP contribution in [-0.2, 0) is 10.8 Å². The molecule has 0 unspecified atom stereocenters. The van der Waals surface area contributed by atoms with Gasteiger partial charge in [0.2, 0.25) is 13.4 Å². The molecule has 10 aromatic carbocycles. The number of aromatic nitrogens is 1. The Morgan fingerprint density at radius 2 is 0.758 bits per heavy atom. The number of aryl methyl sites for hydroxylation is 8. The van der Waals surface area contributed by atoms with E-state index in [1.807, 2.05) is 0 Å². The van der Waals surface area contributed by atoms with E-state index < -0.39 is 0 Å². The zero-order chi connectivity index (χ0) is 62.8. The predicted molar refractivity (Wildman–Crippen MR) is 397 cm³/mol. The molecule has 0 amide bonds. The number of hydrogen-bond acceptors (Lipinski definition) is 0. The highest BCUT2D eigenvalue weighted by atomic mass is 15.0. The lowest BCUT2D eigenvalue weighted by atomic mass is 9.30. The lowest BCUT2D eigenvalue weighted by Gasteiger charge is -2.36. The minimum Gasteiger partial charge on any atom is -0.311 e. The van der Waals surface area contributed by atoms with Crippen molar-refractivity contribution in [3.05, 3.63) is 231 Å². The van der Waals surface area contributed by atoms with Crippen molar-refractivity contribution in [3.63, 3.8) is 0 Å². The van der Waals surface area contributed by atoms with Crippen LogP contribution in [0.25, 0.3) is 83.1 Å². The Morgan fingerprint density at radius 1 is 0.341 bits per heavy atom. The summed E-state index contributed by atoms with van der Waals surface area (Å²) in [7, 11) is 0. The van der Waals surface area contributed by atoms with Gasteiger partial charge in [0.1, 0.15) is 0 Å². The maximum absolute atomic E-state index is 2.70. The Kier molecular flexibility index (Phi) is 15.1. The van der Waals surface area contributed by atoms with Gasteiger partial charge in [-0.25, -0.2) is 0 Å². The molecule has 4 aliphatic rings. The lowest BCUT2D eigenvalue weighted by Crippen LogP contribution is -2.64. The van der Waals surface area contributed by atoms with Crippen LogP contribution in [0.2, 0.25) is 0 Å². The van der Waals surface area contributed by atoms with E-state index in [-0.39, 0.29) is 24.3 Å². The van der Waals surface area contributed by atoms with Crippen LogP contribution in [0, 0.1) is 55.4 Å². The summed E-state index contributed by atoms with van der Waals surface area (Å²) in [5.74, 6) is 0. The van der Waals surface area contributed by atoms with Gasteiger partial charge in [-0.1, -0.05) is 295 Å². The molecule has 3 heteroatoms. The van der Waals surface area contributed by atoms with E-state index in [0.717, 1.165) is 0 Å². The van der Waals surface area contributed by atoms with Crippen molar-refractivity contribution in [1.29, 1.82) is 0 Å². The van der Waals surface area contributed by atoms with Gasteiger partial charge in [-0.2, -0.15) is 0 Å². The van der Waals surface area contributed by atoms with Crippen LogP contribution >= 0.6 is 0 Å². The van der Waals surface area contributed by atoms with Crippen LogP contribution in [0.1, 0.15) is 184 Å². The molecule has 454 valence electrons. The van der Waals surface area contributed by atoms with Gasteiger partial charge in [-0.15, -0.1) is 0 Å². The molecular weight excluding hydrogens is 1090 g/mol. The molecule has 11 aromatic rings. The summed E-state index contributed by atoms with van der Waals surface area (Å²) >= 11 is 0. The van der Waals surface area contributed by atoms with Crippen molar-refractivity contribution in [2.45, 2.75) is 184 Å². The van der Waals surface area contributed by atoms with E-state index in [0.29, 0.717) is 0 Å². The second-order valence-corrected chi connectivity index (χ2v) is 29.4. The minimum absolute atomic E-state index is 0.0561. The van der Waals surface area contributed by atoms with E-state index in [1.165, 1.54) is 261 Å². The van der Waals surface area contributed by atoms with E-state index in [1.54, 1.807) is 11.1 Å². The summed E-state index contributed by atoms with van der Waals surface area (Å²) in [6, 6.07) is 66.1. The maximum atomic E-state index is 2.70. The fourth-order valence-electron chi connectivity index (χ4n) is 19.0. The van der Waals surface area contributed by atoms with Gasteiger partial charge < -0.3 is 4.57 Å². The van der Waals surface area contributed by atoms with Gasteiger partial charge in [0.15, 0.2) is 0 Å². The van der Waals surface area contributed by atoms with E-state index in [4.69, 9.17) is 0 Å². The van der Waals surface area contributed by atoms with Crippen molar-refractivity contribution in [1.82, 2.24) is 4.57 Å². The monoisotopic (exact) mass is 1180 g/mol. The Balaban J connectivity index is 0.809. The second kappa shape index (κ2) is 23.1. The molecule has 1 nitrogen and oxygen atoms in total. The molecule has 0 radical (unpaired) electrons. The molecular formula is C88H91B2N. The fraction of sp³-hybridized carbons (Fsp3) is 0.318. The minimum atomic E-state index is -0.182. The number of fused-ring (bicyclic) bond motifs is 7. The SMILES string of the molecule is CCCCCCCCC1(CCCCCCCC)c2ccccc2-c2ccc(-c3ccc4c(c3)C(C)(C)c3cc(-c5c(C)cc(-c6cc7c8c(c6)B(c6c(C)cc(C)cc6C)c6cccc9c%10cccc(c%10n-8c69)B7c6c(C)cc(C)cc6C)cc5C)ccc3-4)cc21. The van der Waals surface area contributed by atoms with Gasteiger partial charge in [0.25, 0.3) is 0 Å².